The molecule has 8 nitrogen and oxygen atoms in total. The number of aromatic nitrogens is 5. The van der Waals surface area contributed by atoms with Gasteiger partial charge in [0.2, 0.25) is 0 Å². The van der Waals surface area contributed by atoms with Gasteiger partial charge in [-0.2, -0.15) is 5.10 Å². The average molecular weight is 362 g/mol. The molecule has 0 spiro atoms. The molecule has 3 aromatic heterocycles. The summed E-state index contributed by atoms with van der Waals surface area (Å²) in [6, 6.07) is 11.3. The van der Waals surface area contributed by atoms with Crippen molar-refractivity contribution in [3.8, 4) is 0 Å². The Bertz CT molecular complexity index is 1040. The fourth-order valence-electron chi connectivity index (χ4n) is 2.93. The van der Waals surface area contributed by atoms with Crippen LogP contribution in [0.2, 0.25) is 0 Å². The van der Waals surface area contributed by atoms with E-state index in [4.69, 9.17) is 4.52 Å². The van der Waals surface area contributed by atoms with Gasteiger partial charge in [-0.3, -0.25) is 9.48 Å². The SMILES string of the molecule is CCc1noc2ncc(C(=O)NC(Cn3cncn3)c3ccccc3)cc12. The zero-order valence-corrected chi connectivity index (χ0v) is 14.7. The number of nitrogens with zero attached hydrogens (tertiary/aromatic N) is 5. The topological polar surface area (TPSA) is 98.7 Å². The quantitative estimate of drug-likeness (QED) is 0.566. The van der Waals surface area contributed by atoms with Crippen LogP contribution in [0, 0.1) is 0 Å². The second kappa shape index (κ2) is 7.36. The number of rotatable bonds is 6. The smallest absolute Gasteiger partial charge is 0.257 e. The number of aryl methyl sites for hydroxylation is 1. The molecule has 0 radical (unpaired) electrons. The average Bonchev–Trinajstić information content (AvgIpc) is 3.37. The summed E-state index contributed by atoms with van der Waals surface area (Å²) in [5, 5.41) is 11.9. The number of hydrogen-bond donors (Lipinski definition) is 1. The Morgan fingerprint density at radius 2 is 2.15 bits per heavy atom. The highest BCUT2D eigenvalue weighted by Crippen LogP contribution is 2.20. The van der Waals surface area contributed by atoms with E-state index >= 15 is 0 Å². The highest BCUT2D eigenvalue weighted by Gasteiger charge is 2.18. The van der Waals surface area contributed by atoms with Crippen molar-refractivity contribution in [2.45, 2.75) is 25.9 Å². The molecule has 0 aliphatic heterocycles. The highest BCUT2D eigenvalue weighted by molar-refractivity contribution is 5.97. The molecule has 1 aromatic carbocycles. The monoisotopic (exact) mass is 362 g/mol. The van der Waals surface area contributed by atoms with E-state index in [1.165, 1.54) is 12.5 Å². The summed E-state index contributed by atoms with van der Waals surface area (Å²) < 4.78 is 6.87. The second-order valence-corrected chi connectivity index (χ2v) is 6.11. The molecule has 4 rings (SSSR count). The fourth-order valence-corrected chi connectivity index (χ4v) is 2.93. The number of carbonyl (C=O) groups excluding carboxylic acids is 1. The van der Waals surface area contributed by atoms with Gasteiger partial charge in [0.1, 0.15) is 12.7 Å². The first kappa shape index (κ1) is 16.9. The number of pyridine rings is 1. The number of carbonyl (C=O) groups is 1. The van der Waals surface area contributed by atoms with Gasteiger partial charge in [-0.15, -0.1) is 0 Å². The lowest BCUT2D eigenvalue weighted by molar-refractivity contribution is 0.0931. The summed E-state index contributed by atoms with van der Waals surface area (Å²) >= 11 is 0. The van der Waals surface area contributed by atoms with Crippen LogP contribution in [0.25, 0.3) is 11.1 Å². The van der Waals surface area contributed by atoms with Crippen molar-refractivity contribution < 1.29 is 9.32 Å². The van der Waals surface area contributed by atoms with Crippen molar-refractivity contribution >= 4 is 17.0 Å². The first-order valence-corrected chi connectivity index (χ1v) is 8.67. The van der Waals surface area contributed by atoms with Crippen LogP contribution in [-0.2, 0) is 13.0 Å². The molecule has 8 heteroatoms. The largest absolute Gasteiger partial charge is 0.343 e. The van der Waals surface area contributed by atoms with Gasteiger partial charge < -0.3 is 9.84 Å². The molecule has 136 valence electrons. The predicted octanol–water partition coefficient (Wildman–Crippen LogP) is 2.55. The maximum absolute atomic E-state index is 12.9. The van der Waals surface area contributed by atoms with E-state index in [1.54, 1.807) is 17.1 Å². The van der Waals surface area contributed by atoms with Crippen molar-refractivity contribution in [2.75, 3.05) is 0 Å². The molecule has 1 unspecified atom stereocenters. The summed E-state index contributed by atoms with van der Waals surface area (Å²) in [5.41, 5.74) is 2.66. The van der Waals surface area contributed by atoms with Crippen molar-refractivity contribution in [1.29, 1.82) is 0 Å². The number of nitrogens with one attached hydrogen (secondary N) is 1. The fraction of sp³-hybridized carbons (Fsp3) is 0.211. The van der Waals surface area contributed by atoms with E-state index < -0.39 is 0 Å². The zero-order chi connectivity index (χ0) is 18.6. The Morgan fingerprint density at radius 1 is 1.30 bits per heavy atom. The lowest BCUT2D eigenvalue weighted by atomic mass is 10.1. The summed E-state index contributed by atoms with van der Waals surface area (Å²) in [5.74, 6) is -0.221. The predicted molar refractivity (Wildman–Crippen MR) is 97.9 cm³/mol. The summed E-state index contributed by atoms with van der Waals surface area (Å²) in [7, 11) is 0. The Hall–Kier alpha value is -3.55. The lowest BCUT2D eigenvalue weighted by Crippen LogP contribution is -2.31. The molecule has 1 atom stereocenters. The standard InChI is InChI=1S/C19H18N6O2/c1-2-16-15-8-14(9-21-19(15)27-24-16)18(26)23-17(10-25-12-20-11-22-25)13-6-4-3-5-7-13/h3-9,11-12,17H,2,10H2,1H3,(H,23,26). The van der Waals surface area contributed by atoms with Crippen LogP contribution in [-0.4, -0.2) is 30.8 Å². The molecule has 0 saturated heterocycles. The van der Waals surface area contributed by atoms with Crippen molar-refractivity contribution in [1.82, 2.24) is 30.2 Å². The van der Waals surface area contributed by atoms with Crippen molar-refractivity contribution in [2.24, 2.45) is 0 Å². The molecule has 0 bridgehead atoms. The molecular weight excluding hydrogens is 344 g/mol. The first-order chi connectivity index (χ1) is 13.2. The Kier molecular flexibility index (Phi) is 4.61. The van der Waals surface area contributed by atoms with Gasteiger partial charge in [0.25, 0.3) is 11.6 Å². The van der Waals surface area contributed by atoms with Gasteiger partial charge in [0.15, 0.2) is 0 Å². The van der Waals surface area contributed by atoms with Gasteiger partial charge in [-0.25, -0.2) is 9.97 Å². The van der Waals surface area contributed by atoms with Crippen LogP contribution in [0.3, 0.4) is 0 Å². The van der Waals surface area contributed by atoms with Gasteiger partial charge in [0, 0.05) is 6.20 Å². The number of fused-ring (bicyclic) bond motifs is 1. The minimum absolute atomic E-state index is 0.221. The minimum atomic E-state index is -0.260. The molecule has 1 amide bonds. The maximum Gasteiger partial charge on any atom is 0.257 e. The molecule has 0 fully saturated rings. The normalized spacial score (nSPS) is 12.2. The van der Waals surface area contributed by atoms with E-state index in [0.29, 0.717) is 24.2 Å². The molecule has 3 heterocycles. The van der Waals surface area contributed by atoms with E-state index in [2.05, 4.69) is 25.5 Å². The van der Waals surface area contributed by atoms with Gasteiger partial charge >= 0.3 is 0 Å². The zero-order valence-electron chi connectivity index (χ0n) is 14.7. The van der Waals surface area contributed by atoms with Crippen LogP contribution < -0.4 is 5.32 Å². The van der Waals surface area contributed by atoms with Crippen LogP contribution >= 0.6 is 0 Å². The third-order valence-corrected chi connectivity index (χ3v) is 4.34. The summed E-state index contributed by atoms with van der Waals surface area (Å²) in [6.07, 6.45) is 5.30. The number of hydrogen-bond acceptors (Lipinski definition) is 6. The molecule has 0 saturated carbocycles. The van der Waals surface area contributed by atoms with Gasteiger partial charge in [0.05, 0.1) is 29.2 Å². The second-order valence-electron chi connectivity index (χ2n) is 6.11. The molecule has 0 aliphatic carbocycles. The van der Waals surface area contributed by atoms with E-state index in [0.717, 1.165) is 16.6 Å². The maximum atomic E-state index is 12.9. The van der Waals surface area contributed by atoms with Crippen molar-refractivity contribution in [3.05, 3.63) is 72.1 Å². The van der Waals surface area contributed by atoms with E-state index in [-0.39, 0.29) is 11.9 Å². The Balaban J connectivity index is 1.61. The molecule has 1 N–H and O–H groups in total. The highest BCUT2D eigenvalue weighted by atomic mass is 16.5. The lowest BCUT2D eigenvalue weighted by Gasteiger charge is -2.19. The molecular formula is C19H18N6O2. The Labute approximate surface area is 155 Å². The first-order valence-electron chi connectivity index (χ1n) is 8.67. The molecule has 27 heavy (non-hydrogen) atoms. The molecule has 4 aromatic rings. The van der Waals surface area contributed by atoms with Crippen LogP contribution in [0.4, 0.5) is 0 Å². The van der Waals surface area contributed by atoms with Crippen LogP contribution in [0.1, 0.15) is 34.6 Å². The van der Waals surface area contributed by atoms with Gasteiger partial charge in [-0.05, 0) is 18.1 Å². The van der Waals surface area contributed by atoms with Crippen molar-refractivity contribution in [3.63, 3.8) is 0 Å². The summed E-state index contributed by atoms with van der Waals surface area (Å²) in [6.45, 7) is 2.45. The molecule has 0 aliphatic rings. The van der Waals surface area contributed by atoms with E-state index in [9.17, 15) is 4.79 Å². The van der Waals surface area contributed by atoms with Crippen LogP contribution in [0.15, 0.2) is 59.8 Å². The summed E-state index contributed by atoms with van der Waals surface area (Å²) in [4.78, 5) is 21.0. The minimum Gasteiger partial charge on any atom is -0.343 e. The van der Waals surface area contributed by atoms with E-state index in [1.807, 2.05) is 37.3 Å². The third-order valence-electron chi connectivity index (χ3n) is 4.34. The number of amides is 1. The van der Waals surface area contributed by atoms with Gasteiger partial charge in [-0.1, -0.05) is 42.4 Å². The Morgan fingerprint density at radius 3 is 2.89 bits per heavy atom. The third kappa shape index (κ3) is 3.55. The number of benzene rings is 1. The van der Waals surface area contributed by atoms with Crippen LogP contribution in [0.5, 0.6) is 0 Å².